The summed E-state index contributed by atoms with van der Waals surface area (Å²) in [5.74, 6) is 0. The van der Waals surface area contributed by atoms with Crippen LogP contribution in [0.3, 0.4) is 0 Å². The zero-order chi connectivity index (χ0) is 10.1. The van der Waals surface area contributed by atoms with E-state index in [4.69, 9.17) is 0 Å². The lowest BCUT2D eigenvalue weighted by Crippen LogP contribution is -2.17. The smallest absolute Gasteiger partial charge is 0.139 e. The minimum absolute atomic E-state index is 0. The number of rotatable bonds is 6. The van der Waals surface area contributed by atoms with Crippen LogP contribution in [-0.2, 0) is 0 Å². The minimum Gasteiger partial charge on any atom is -0.288 e. The van der Waals surface area contributed by atoms with Crippen molar-refractivity contribution < 1.29 is 0 Å². The fourth-order valence-corrected chi connectivity index (χ4v) is 0.877. The number of nitrogens with zero attached hydrogens (tertiary/aromatic N) is 4. The Morgan fingerprint density at radius 1 is 0.786 bits per heavy atom. The summed E-state index contributed by atoms with van der Waals surface area (Å²) in [5.41, 5.74) is 0. The average molecular weight is 221 g/mol. The van der Waals surface area contributed by atoms with Crippen molar-refractivity contribution in [2.45, 2.75) is 27.7 Å². The first kappa shape index (κ1) is 15.7. The standard InChI is InChI=1S/C9H20N4.ClH/c1-5-12(6-2)10-9-11-13(7-3)8-4;/h5-8H2,1-4H3;1H. The molecule has 0 aromatic carbocycles. The van der Waals surface area contributed by atoms with Crippen LogP contribution in [0.2, 0.25) is 0 Å². The summed E-state index contributed by atoms with van der Waals surface area (Å²) >= 11 is 0. The second-order valence-corrected chi connectivity index (χ2v) is 2.58. The molecule has 0 bridgehead atoms. The van der Waals surface area contributed by atoms with Crippen LogP contribution in [0, 0.1) is 0 Å². The minimum atomic E-state index is 0. The van der Waals surface area contributed by atoms with E-state index in [9.17, 15) is 0 Å². The van der Waals surface area contributed by atoms with Crippen molar-refractivity contribution in [3.63, 3.8) is 0 Å². The summed E-state index contributed by atoms with van der Waals surface area (Å²) in [7, 11) is 0. The highest BCUT2D eigenvalue weighted by Crippen LogP contribution is 1.87. The number of hydrazone groups is 2. The SMILES string of the molecule is CCN(CC)N=C=NN(CC)CC.Cl. The molecule has 0 spiro atoms. The van der Waals surface area contributed by atoms with Gasteiger partial charge in [-0.1, -0.05) is 0 Å². The average Bonchev–Trinajstić information content (AvgIpc) is 2.19. The molecule has 0 saturated carbocycles. The van der Waals surface area contributed by atoms with Crippen molar-refractivity contribution in [2.24, 2.45) is 10.2 Å². The lowest BCUT2D eigenvalue weighted by molar-refractivity contribution is 0.310. The molecule has 0 heterocycles. The summed E-state index contributed by atoms with van der Waals surface area (Å²) in [6.07, 6.45) is 0. The maximum Gasteiger partial charge on any atom is 0.139 e. The van der Waals surface area contributed by atoms with Crippen LogP contribution in [0.15, 0.2) is 10.2 Å². The summed E-state index contributed by atoms with van der Waals surface area (Å²) < 4.78 is 0. The molecule has 0 aliphatic carbocycles. The molecule has 0 aromatic heterocycles. The second-order valence-electron chi connectivity index (χ2n) is 2.58. The van der Waals surface area contributed by atoms with Crippen LogP contribution < -0.4 is 0 Å². The van der Waals surface area contributed by atoms with E-state index in [2.05, 4.69) is 43.9 Å². The van der Waals surface area contributed by atoms with Gasteiger partial charge in [0.1, 0.15) is 6.01 Å². The van der Waals surface area contributed by atoms with E-state index in [0.717, 1.165) is 26.2 Å². The first-order valence-electron chi connectivity index (χ1n) is 4.94. The predicted molar refractivity (Wildman–Crippen MR) is 63.0 cm³/mol. The largest absolute Gasteiger partial charge is 0.288 e. The monoisotopic (exact) mass is 220 g/mol. The molecule has 0 aliphatic rings. The first-order chi connectivity index (χ1) is 6.28. The number of hydrogen-bond acceptors (Lipinski definition) is 4. The molecule has 0 aliphatic heterocycles. The Morgan fingerprint density at radius 3 is 1.29 bits per heavy atom. The molecular formula is C9H21ClN4. The Bertz CT molecular complexity index is 154. The summed E-state index contributed by atoms with van der Waals surface area (Å²) in [6, 6.07) is 2.69. The Hall–Kier alpha value is -0.730. The highest BCUT2D eigenvalue weighted by Gasteiger charge is 1.90. The van der Waals surface area contributed by atoms with Crippen molar-refractivity contribution in [1.29, 1.82) is 0 Å². The highest BCUT2D eigenvalue weighted by atomic mass is 35.5. The van der Waals surface area contributed by atoms with Crippen molar-refractivity contribution in [1.82, 2.24) is 10.0 Å². The zero-order valence-corrected chi connectivity index (χ0v) is 10.3. The molecule has 0 amide bonds. The molecule has 84 valence electrons. The van der Waals surface area contributed by atoms with Crippen molar-refractivity contribution in [3.05, 3.63) is 0 Å². The van der Waals surface area contributed by atoms with Gasteiger partial charge in [0.2, 0.25) is 0 Å². The van der Waals surface area contributed by atoms with Crippen LogP contribution in [0.5, 0.6) is 0 Å². The topological polar surface area (TPSA) is 31.2 Å². The van der Waals surface area contributed by atoms with Crippen LogP contribution in [0.4, 0.5) is 0 Å². The third-order valence-corrected chi connectivity index (χ3v) is 1.83. The van der Waals surface area contributed by atoms with E-state index < -0.39 is 0 Å². The fraction of sp³-hybridized carbons (Fsp3) is 0.889. The molecule has 0 saturated heterocycles. The van der Waals surface area contributed by atoms with Gasteiger partial charge in [-0.25, -0.2) is 0 Å². The maximum atomic E-state index is 4.07. The van der Waals surface area contributed by atoms with E-state index in [1.54, 1.807) is 0 Å². The van der Waals surface area contributed by atoms with Gasteiger partial charge in [-0.3, -0.25) is 10.0 Å². The van der Waals surface area contributed by atoms with Crippen molar-refractivity contribution >= 4 is 18.4 Å². The molecule has 4 nitrogen and oxygen atoms in total. The van der Waals surface area contributed by atoms with Crippen LogP contribution in [0.1, 0.15) is 27.7 Å². The molecule has 0 fully saturated rings. The van der Waals surface area contributed by atoms with E-state index in [1.165, 1.54) is 0 Å². The quantitative estimate of drug-likeness (QED) is 0.507. The Kier molecular flexibility index (Phi) is 11.6. The van der Waals surface area contributed by atoms with Crippen LogP contribution >= 0.6 is 12.4 Å². The Morgan fingerprint density at radius 2 is 1.07 bits per heavy atom. The molecule has 0 radical (unpaired) electrons. The maximum absolute atomic E-state index is 4.07. The van der Waals surface area contributed by atoms with E-state index in [-0.39, 0.29) is 12.4 Å². The molecule has 0 unspecified atom stereocenters. The fourth-order valence-electron chi connectivity index (χ4n) is 0.877. The first-order valence-corrected chi connectivity index (χ1v) is 4.94. The molecule has 0 N–H and O–H groups in total. The van der Waals surface area contributed by atoms with Gasteiger partial charge in [-0.05, 0) is 27.7 Å². The molecule has 14 heavy (non-hydrogen) atoms. The van der Waals surface area contributed by atoms with Crippen LogP contribution in [-0.4, -0.2) is 42.2 Å². The van der Waals surface area contributed by atoms with Gasteiger partial charge in [0.15, 0.2) is 0 Å². The highest BCUT2D eigenvalue weighted by molar-refractivity contribution is 5.85. The molecule has 5 heteroatoms. The van der Waals surface area contributed by atoms with Crippen molar-refractivity contribution in [2.75, 3.05) is 26.2 Å². The summed E-state index contributed by atoms with van der Waals surface area (Å²) in [5, 5.41) is 12.0. The third kappa shape index (κ3) is 6.75. The summed E-state index contributed by atoms with van der Waals surface area (Å²) in [6.45, 7) is 11.8. The van der Waals surface area contributed by atoms with E-state index >= 15 is 0 Å². The lowest BCUT2D eigenvalue weighted by Gasteiger charge is -2.12. The molecule has 0 rings (SSSR count). The van der Waals surface area contributed by atoms with Gasteiger partial charge >= 0.3 is 0 Å². The number of halogens is 1. The third-order valence-electron chi connectivity index (χ3n) is 1.83. The zero-order valence-electron chi connectivity index (χ0n) is 9.53. The lowest BCUT2D eigenvalue weighted by atomic mass is 10.6. The Balaban J connectivity index is 0. The Labute approximate surface area is 93.1 Å². The van der Waals surface area contributed by atoms with Gasteiger partial charge < -0.3 is 0 Å². The molecular weight excluding hydrogens is 200 g/mol. The van der Waals surface area contributed by atoms with Gasteiger partial charge in [0.05, 0.1) is 0 Å². The van der Waals surface area contributed by atoms with Gasteiger partial charge in [-0.15, -0.1) is 22.6 Å². The van der Waals surface area contributed by atoms with Gasteiger partial charge in [0, 0.05) is 26.2 Å². The van der Waals surface area contributed by atoms with Gasteiger partial charge in [-0.2, -0.15) is 0 Å². The van der Waals surface area contributed by atoms with Crippen molar-refractivity contribution in [3.8, 4) is 0 Å². The summed E-state index contributed by atoms with van der Waals surface area (Å²) in [4.78, 5) is 0. The predicted octanol–water partition coefficient (Wildman–Crippen LogP) is 2.10. The van der Waals surface area contributed by atoms with E-state index in [0.29, 0.717) is 0 Å². The van der Waals surface area contributed by atoms with Crippen LogP contribution in [0.25, 0.3) is 0 Å². The second kappa shape index (κ2) is 10.4. The number of hydrogen-bond donors (Lipinski definition) is 0. The van der Waals surface area contributed by atoms with E-state index in [1.807, 2.05) is 10.0 Å². The molecule has 0 atom stereocenters. The normalized spacial score (nSPS) is 8.29. The van der Waals surface area contributed by atoms with Gasteiger partial charge in [0.25, 0.3) is 0 Å². The molecule has 0 aromatic rings.